The molecule has 0 radical (unpaired) electrons. The zero-order valence-corrected chi connectivity index (χ0v) is 21.2. The Labute approximate surface area is 202 Å². The largest absolute Gasteiger partial charge is 0.477 e. The fourth-order valence-corrected chi connectivity index (χ4v) is 6.86. The molecule has 1 heterocycles. The third-order valence-corrected chi connectivity index (χ3v) is 9.68. The van der Waals surface area contributed by atoms with Gasteiger partial charge in [0.1, 0.15) is 4.88 Å². The van der Waals surface area contributed by atoms with Crippen molar-refractivity contribution in [1.29, 1.82) is 0 Å². The second-order valence-corrected chi connectivity index (χ2v) is 13.4. The summed E-state index contributed by atoms with van der Waals surface area (Å²) in [7, 11) is 0. The van der Waals surface area contributed by atoms with E-state index in [2.05, 4.69) is 11.8 Å². The predicted octanol–water partition coefficient (Wildman–Crippen LogP) is 6.87. The second kappa shape index (κ2) is 8.15. The van der Waals surface area contributed by atoms with Gasteiger partial charge in [-0.05, 0) is 115 Å². The highest BCUT2D eigenvalue weighted by molar-refractivity contribution is 7.15. The number of rotatable bonds is 4. The monoisotopic (exact) mass is 467 g/mol. The topological polar surface area (TPSA) is 57.6 Å². The lowest BCUT2D eigenvalue weighted by molar-refractivity contribution is -0.124. The number of aromatic carboxylic acids is 1. The normalized spacial score (nSPS) is 25.4. The summed E-state index contributed by atoms with van der Waals surface area (Å²) < 4.78 is 0. The van der Waals surface area contributed by atoms with Crippen molar-refractivity contribution >= 4 is 28.9 Å². The van der Waals surface area contributed by atoms with Gasteiger partial charge >= 0.3 is 5.97 Å². The molecule has 4 aliphatic carbocycles. The highest BCUT2D eigenvalue weighted by Crippen LogP contribution is 2.58. The van der Waals surface area contributed by atoms with E-state index in [1.54, 1.807) is 0 Å². The third-order valence-electron chi connectivity index (χ3n) is 8.66. The molecule has 33 heavy (non-hydrogen) atoms. The van der Waals surface area contributed by atoms with Crippen LogP contribution in [0.3, 0.4) is 0 Å². The molecule has 1 aromatic rings. The van der Waals surface area contributed by atoms with E-state index in [-0.39, 0.29) is 28.2 Å². The van der Waals surface area contributed by atoms with Gasteiger partial charge in [0.05, 0.1) is 10.6 Å². The van der Waals surface area contributed by atoms with Crippen LogP contribution in [-0.4, -0.2) is 23.0 Å². The van der Waals surface area contributed by atoms with Crippen LogP contribution in [-0.2, 0) is 4.79 Å². The summed E-state index contributed by atoms with van der Waals surface area (Å²) in [6.45, 7) is 6.15. The van der Waals surface area contributed by atoms with Gasteiger partial charge in [0.25, 0.3) is 0 Å². The van der Waals surface area contributed by atoms with E-state index in [9.17, 15) is 14.7 Å². The van der Waals surface area contributed by atoms with E-state index < -0.39 is 5.97 Å². The quantitative estimate of drug-likeness (QED) is 0.492. The van der Waals surface area contributed by atoms with Gasteiger partial charge in [-0.25, -0.2) is 4.79 Å². The van der Waals surface area contributed by atoms with Crippen molar-refractivity contribution in [1.82, 2.24) is 0 Å². The molecular formula is C28H37NO3S. The molecule has 0 aromatic carbocycles. The Bertz CT molecular complexity index is 992. The van der Waals surface area contributed by atoms with Crippen LogP contribution in [0, 0.1) is 34.0 Å². The number of carbonyl (C=O) groups is 2. The maximum absolute atomic E-state index is 14.0. The van der Waals surface area contributed by atoms with Gasteiger partial charge in [-0.1, -0.05) is 11.8 Å². The summed E-state index contributed by atoms with van der Waals surface area (Å²) in [5.41, 5.74) is 1.50. The number of amides is 1. The Morgan fingerprint density at radius 1 is 0.970 bits per heavy atom. The fourth-order valence-electron chi connectivity index (χ4n) is 6.02. The molecule has 0 aliphatic heterocycles. The Balaban J connectivity index is 1.46. The van der Waals surface area contributed by atoms with Gasteiger partial charge in [-0.15, -0.1) is 11.3 Å². The lowest BCUT2D eigenvalue weighted by atomic mass is 9.78. The van der Waals surface area contributed by atoms with Crippen molar-refractivity contribution in [3.8, 4) is 11.8 Å². The zero-order chi connectivity index (χ0) is 23.4. The molecule has 178 valence electrons. The van der Waals surface area contributed by atoms with Crippen molar-refractivity contribution in [2.24, 2.45) is 22.2 Å². The summed E-state index contributed by atoms with van der Waals surface area (Å²) in [4.78, 5) is 29.2. The molecule has 4 saturated carbocycles. The lowest BCUT2D eigenvalue weighted by Gasteiger charge is -2.40. The molecule has 2 spiro atoms. The van der Waals surface area contributed by atoms with E-state index in [1.165, 1.54) is 49.9 Å². The zero-order valence-electron chi connectivity index (χ0n) is 20.3. The van der Waals surface area contributed by atoms with Crippen molar-refractivity contribution in [2.75, 3.05) is 4.90 Å². The molecule has 1 N–H and O–H groups in total. The Hall–Kier alpha value is -1.80. The first kappa shape index (κ1) is 23.0. The highest BCUT2D eigenvalue weighted by atomic mass is 32.1. The number of thiophene rings is 1. The number of carbonyl (C=O) groups excluding carboxylic acids is 1. The maximum atomic E-state index is 14.0. The highest BCUT2D eigenvalue weighted by Gasteiger charge is 2.49. The van der Waals surface area contributed by atoms with E-state index in [0.29, 0.717) is 16.5 Å². The van der Waals surface area contributed by atoms with Crippen LogP contribution in [0.2, 0.25) is 0 Å². The average molecular weight is 468 g/mol. The van der Waals surface area contributed by atoms with E-state index in [0.717, 1.165) is 43.4 Å². The minimum Gasteiger partial charge on any atom is -0.477 e. The predicted molar refractivity (Wildman–Crippen MR) is 133 cm³/mol. The van der Waals surface area contributed by atoms with Crippen LogP contribution >= 0.6 is 11.3 Å². The van der Waals surface area contributed by atoms with Crippen molar-refractivity contribution in [3.05, 3.63) is 15.8 Å². The van der Waals surface area contributed by atoms with Gasteiger partial charge in [0.2, 0.25) is 5.91 Å². The lowest BCUT2D eigenvalue weighted by Crippen LogP contribution is -2.47. The van der Waals surface area contributed by atoms with Crippen LogP contribution in [0.15, 0.2) is 6.07 Å². The van der Waals surface area contributed by atoms with Gasteiger partial charge in [0, 0.05) is 17.4 Å². The molecular weight excluding hydrogens is 430 g/mol. The molecule has 0 bridgehead atoms. The first-order chi connectivity index (χ1) is 15.6. The molecule has 4 aliphatic rings. The summed E-state index contributed by atoms with van der Waals surface area (Å²) in [5, 5.41) is 10.0. The minimum atomic E-state index is -0.952. The van der Waals surface area contributed by atoms with Gasteiger partial charge < -0.3 is 10.0 Å². The van der Waals surface area contributed by atoms with E-state index in [1.807, 2.05) is 31.7 Å². The van der Waals surface area contributed by atoms with Crippen molar-refractivity contribution < 1.29 is 14.7 Å². The average Bonchev–Trinajstić information content (AvgIpc) is 3.66. The molecule has 4 nitrogen and oxygen atoms in total. The molecule has 0 saturated heterocycles. The standard InChI is InChI=1S/C28H37NO3S/c1-26(2,3)9-8-21-18-22(23(33-21)25(31)32)29(20-6-12-28(13-7-20)16-17-28)24(30)19-4-10-27(11-5-19)14-15-27/h18-20H,4-7,10-17H2,1-3H3,(H,31,32). The number of carboxylic acids is 1. The molecule has 4 fully saturated rings. The molecule has 1 amide bonds. The first-order valence-electron chi connectivity index (χ1n) is 12.8. The SMILES string of the molecule is CC(C)(C)C#Cc1cc(N(C(=O)C2CCC3(CC2)CC3)C2CCC3(CC2)CC3)c(C(=O)O)s1. The second-order valence-electron chi connectivity index (χ2n) is 12.3. The first-order valence-corrected chi connectivity index (χ1v) is 13.6. The van der Waals surface area contributed by atoms with Crippen molar-refractivity contribution in [3.63, 3.8) is 0 Å². The van der Waals surface area contributed by atoms with Crippen LogP contribution in [0.1, 0.15) is 112 Å². The van der Waals surface area contributed by atoms with Crippen LogP contribution in [0.4, 0.5) is 5.69 Å². The molecule has 0 unspecified atom stereocenters. The smallest absolute Gasteiger partial charge is 0.348 e. The van der Waals surface area contributed by atoms with Gasteiger partial charge in [-0.2, -0.15) is 0 Å². The fraction of sp³-hybridized carbons (Fsp3) is 0.714. The summed E-state index contributed by atoms with van der Waals surface area (Å²) in [6.07, 6.45) is 13.8. The van der Waals surface area contributed by atoms with E-state index >= 15 is 0 Å². The maximum Gasteiger partial charge on any atom is 0.348 e. The van der Waals surface area contributed by atoms with Gasteiger partial charge in [-0.3, -0.25) is 4.79 Å². The van der Waals surface area contributed by atoms with Crippen LogP contribution < -0.4 is 4.90 Å². The molecule has 1 aromatic heterocycles. The van der Waals surface area contributed by atoms with Gasteiger partial charge in [0.15, 0.2) is 0 Å². The summed E-state index contributed by atoms with van der Waals surface area (Å²) >= 11 is 1.22. The molecule has 5 rings (SSSR count). The minimum absolute atomic E-state index is 0.0266. The van der Waals surface area contributed by atoms with Crippen LogP contribution in [0.25, 0.3) is 0 Å². The number of anilines is 1. The summed E-state index contributed by atoms with van der Waals surface area (Å²) in [6, 6.07) is 1.99. The molecule has 0 atom stereocenters. The third kappa shape index (κ3) is 4.87. The van der Waals surface area contributed by atoms with Crippen molar-refractivity contribution in [2.45, 2.75) is 104 Å². The van der Waals surface area contributed by atoms with Crippen LogP contribution in [0.5, 0.6) is 0 Å². The number of nitrogens with zero attached hydrogens (tertiary/aromatic N) is 1. The molecule has 5 heteroatoms. The Kier molecular flexibility index (Phi) is 5.67. The Morgan fingerprint density at radius 2 is 1.52 bits per heavy atom. The number of carboxylic acid groups (broad SMARTS) is 1. The number of hydrogen-bond donors (Lipinski definition) is 1. The summed E-state index contributed by atoms with van der Waals surface area (Å²) in [5.74, 6) is 5.65. The Morgan fingerprint density at radius 3 is 2.00 bits per heavy atom. The van der Waals surface area contributed by atoms with E-state index in [4.69, 9.17) is 0 Å². The number of hydrogen-bond acceptors (Lipinski definition) is 3.